The molecule has 0 unspecified atom stereocenters. The third-order valence-electron chi connectivity index (χ3n) is 0. The molecule has 0 heterocycles. The zero-order valence-corrected chi connectivity index (χ0v) is 11.8. The summed E-state index contributed by atoms with van der Waals surface area (Å²) in [6.45, 7) is 3.44. The number of aliphatic hydroxyl groups excluding tert-OH is 1. The molecule has 0 fully saturated rings. The van der Waals surface area contributed by atoms with Gasteiger partial charge in [-0.1, -0.05) is 34.8 Å². The van der Waals surface area contributed by atoms with Gasteiger partial charge >= 0.3 is 29.6 Å². The quantitative estimate of drug-likeness (QED) is 0.402. The number of hydrogen-bond donors (Lipinski definition) is 2. The van der Waals surface area contributed by atoms with Gasteiger partial charge < -0.3 is 20.1 Å². The molecule has 0 aliphatic carbocycles. The van der Waals surface area contributed by atoms with E-state index in [4.69, 9.17) is 54.9 Å². The predicted octanol–water partition coefficient (Wildman–Crippen LogP) is -1.73. The van der Waals surface area contributed by atoms with E-state index in [1.807, 2.05) is 0 Å². The fraction of sp³-hybridized carbons (Fsp3) is 0.800. The molecule has 0 rings (SSSR count). The van der Waals surface area contributed by atoms with Crippen molar-refractivity contribution in [3.8, 4) is 0 Å². The number of carboxylic acid groups (broad SMARTS) is 2. The van der Waals surface area contributed by atoms with Gasteiger partial charge in [0.1, 0.15) is 0 Å². The molecule has 0 aromatic heterocycles. The predicted molar refractivity (Wildman–Crippen MR) is 46.7 cm³/mol. The third kappa shape index (κ3) is 1330. The van der Waals surface area contributed by atoms with Gasteiger partial charge in [0, 0.05) is 6.10 Å². The Hall–Kier alpha value is 1.10. The van der Waals surface area contributed by atoms with Crippen LogP contribution in [-0.4, -0.2) is 26.8 Å². The molecule has 0 aromatic rings. The molecule has 0 saturated carbocycles. The van der Waals surface area contributed by atoms with Crippen molar-refractivity contribution in [2.24, 2.45) is 0 Å². The first-order chi connectivity index (χ1) is 5.20. The Kier molecular flexibility index (Phi) is 34.3. The van der Waals surface area contributed by atoms with Crippen LogP contribution in [0.4, 0.5) is 4.79 Å². The van der Waals surface area contributed by atoms with E-state index in [0.29, 0.717) is 0 Å². The van der Waals surface area contributed by atoms with Crippen molar-refractivity contribution >= 4 is 41.0 Å². The minimum atomic E-state index is -2.08. The number of hydrogen-bond acceptors (Lipinski definition) is 3. The van der Waals surface area contributed by atoms with E-state index in [1.54, 1.807) is 13.8 Å². The van der Waals surface area contributed by atoms with Gasteiger partial charge in [0.15, 0.2) is 4.30 Å². The number of alkyl halides is 3. The van der Waals surface area contributed by atoms with Crippen molar-refractivity contribution in [2.45, 2.75) is 24.2 Å². The van der Waals surface area contributed by atoms with Crippen molar-refractivity contribution in [3.63, 3.8) is 0 Å². The molecule has 0 saturated heterocycles. The van der Waals surface area contributed by atoms with Crippen LogP contribution in [0.2, 0.25) is 0 Å². The fourth-order valence-corrected chi connectivity index (χ4v) is 0. The maximum absolute atomic E-state index is 8.44. The molecule has 76 valence electrons. The molecular weight excluding hydrogens is 253 g/mol. The summed E-state index contributed by atoms with van der Waals surface area (Å²) in [6.07, 6.45) is -2.25. The topological polar surface area (TPSA) is 80.6 Å². The van der Waals surface area contributed by atoms with E-state index in [-0.39, 0.29) is 35.7 Å². The maximum Gasteiger partial charge on any atom is 1.00 e. The van der Waals surface area contributed by atoms with Gasteiger partial charge in [0.2, 0.25) is 6.16 Å². The summed E-state index contributed by atoms with van der Waals surface area (Å²) in [5, 5.41) is 23.4. The van der Waals surface area contributed by atoms with Crippen LogP contribution in [-0.2, 0) is 0 Å². The van der Waals surface area contributed by atoms with Crippen molar-refractivity contribution in [2.75, 3.05) is 0 Å². The second-order valence-corrected chi connectivity index (χ2v) is 3.59. The largest absolute Gasteiger partial charge is 1.00 e. The van der Waals surface area contributed by atoms with E-state index in [0.717, 1.165) is 0 Å². The molecule has 0 atom stereocenters. The Morgan fingerprint density at radius 3 is 1.31 bits per heavy atom. The van der Waals surface area contributed by atoms with E-state index in [2.05, 4.69) is 0 Å². The van der Waals surface area contributed by atoms with Gasteiger partial charge in [-0.15, -0.1) is 0 Å². The van der Waals surface area contributed by atoms with Crippen molar-refractivity contribution in [1.82, 2.24) is 0 Å². The van der Waals surface area contributed by atoms with Crippen LogP contribution >= 0.6 is 34.8 Å². The number of halogens is 3. The molecule has 0 amide bonds. The first-order valence-electron chi connectivity index (χ1n) is 2.70. The van der Waals surface area contributed by atoms with Gasteiger partial charge in [-0.2, -0.15) is 0 Å². The Balaban J connectivity index is -0.0000000450. The normalized spacial score (nSPS) is 7.38. The van der Waals surface area contributed by atoms with Gasteiger partial charge in [-0.3, -0.25) is 0 Å². The third-order valence-corrected chi connectivity index (χ3v) is 0. The average molecular weight is 263 g/mol. The molecule has 2 N–H and O–H groups in total. The van der Waals surface area contributed by atoms with Gasteiger partial charge in [0.25, 0.3) is 0 Å². The van der Waals surface area contributed by atoms with Crippen LogP contribution in [0, 0.1) is 0 Å². The van der Waals surface area contributed by atoms with Crippen LogP contribution in [0.25, 0.3) is 0 Å². The van der Waals surface area contributed by atoms with Gasteiger partial charge in [-0.05, 0) is 13.8 Å². The molecule has 0 aliphatic heterocycles. The molecule has 13 heavy (non-hydrogen) atoms. The van der Waals surface area contributed by atoms with Crippen molar-refractivity contribution in [1.29, 1.82) is 0 Å². The zero-order valence-electron chi connectivity index (χ0n) is 7.50. The SMILES string of the molecule is CC(C)O.ClC(Cl)Cl.O=C([O-])O.[Na+]. The minimum absolute atomic E-state index is 0. The Morgan fingerprint density at radius 2 is 1.31 bits per heavy atom. The molecule has 8 heteroatoms. The summed E-state index contributed by atoms with van der Waals surface area (Å²) in [4.78, 5) is 8.44. The first-order valence-corrected chi connectivity index (χ1v) is 4.01. The maximum atomic E-state index is 8.44. The van der Waals surface area contributed by atoms with Crippen LogP contribution in [0.1, 0.15) is 13.8 Å². The van der Waals surface area contributed by atoms with E-state index in [9.17, 15) is 0 Å². The number of rotatable bonds is 0. The summed E-state index contributed by atoms with van der Waals surface area (Å²) in [7, 11) is 0. The molecule has 0 aromatic carbocycles. The van der Waals surface area contributed by atoms with Crippen LogP contribution in [0.5, 0.6) is 0 Å². The van der Waals surface area contributed by atoms with Crippen molar-refractivity contribution in [3.05, 3.63) is 0 Å². The summed E-state index contributed by atoms with van der Waals surface area (Å²) in [6, 6.07) is 0. The van der Waals surface area contributed by atoms with Crippen LogP contribution in [0.15, 0.2) is 0 Å². The first kappa shape index (κ1) is 23.7. The molecule has 0 aliphatic rings. The van der Waals surface area contributed by atoms with E-state index >= 15 is 0 Å². The van der Waals surface area contributed by atoms with Gasteiger partial charge in [0.05, 0.1) is 0 Å². The monoisotopic (exact) mass is 262 g/mol. The second-order valence-electron chi connectivity index (χ2n) is 1.61. The standard InChI is InChI=1S/C3H8O.CHCl3.CH2O3.Na/c1-3(2)4;2*2-1(3)4;/h3-4H,1-2H3;1H;(H2,2,3,4);/q;;;+1/p-1. The summed E-state index contributed by atoms with van der Waals surface area (Å²) >= 11 is 14.4. The summed E-state index contributed by atoms with van der Waals surface area (Å²) in [5.41, 5.74) is 0. The number of aliphatic hydroxyl groups is 1. The smallest absolute Gasteiger partial charge is 0.565 e. The molecule has 0 spiro atoms. The summed E-state index contributed by atoms with van der Waals surface area (Å²) in [5.74, 6) is 0. The molecular formula is C5H10Cl3NaO4. The van der Waals surface area contributed by atoms with E-state index < -0.39 is 10.5 Å². The fourth-order valence-electron chi connectivity index (χ4n) is 0. The Morgan fingerprint density at radius 1 is 1.31 bits per heavy atom. The minimum Gasteiger partial charge on any atom is -0.565 e. The van der Waals surface area contributed by atoms with Crippen molar-refractivity contribution < 1.29 is 49.7 Å². The Bertz CT molecular complexity index is 86.3. The molecule has 0 radical (unpaired) electrons. The molecule has 0 bridgehead atoms. The second kappa shape index (κ2) is 18.8. The number of carbonyl (C=O) groups is 1. The van der Waals surface area contributed by atoms with E-state index in [1.165, 1.54) is 0 Å². The van der Waals surface area contributed by atoms with Gasteiger partial charge in [-0.25, -0.2) is 0 Å². The zero-order chi connectivity index (χ0) is 10.7. The average Bonchev–Trinajstić information content (AvgIpc) is 1.54. The van der Waals surface area contributed by atoms with Crippen LogP contribution in [0.3, 0.4) is 0 Å². The van der Waals surface area contributed by atoms with Crippen LogP contribution < -0.4 is 34.7 Å². The summed E-state index contributed by atoms with van der Waals surface area (Å²) < 4.78 is -0.750. The Labute approximate surface area is 114 Å². The molecule has 4 nitrogen and oxygen atoms in total.